The van der Waals surface area contributed by atoms with Gasteiger partial charge in [0.25, 0.3) is 5.91 Å². The van der Waals surface area contributed by atoms with Crippen LogP contribution in [-0.2, 0) is 9.59 Å². The zero-order valence-electron chi connectivity index (χ0n) is 20.4. The molecule has 2 amide bonds. The number of hydrogen-bond acceptors (Lipinski definition) is 4. The summed E-state index contributed by atoms with van der Waals surface area (Å²) in [5.74, 6) is -0.433. The highest BCUT2D eigenvalue weighted by molar-refractivity contribution is 5.96. The Labute approximate surface area is 210 Å². The fourth-order valence-electron chi connectivity index (χ4n) is 4.79. The van der Waals surface area contributed by atoms with Gasteiger partial charge in [-0.25, -0.2) is 4.68 Å². The minimum absolute atomic E-state index is 0.160. The van der Waals surface area contributed by atoms with E-state index in [4.69, 9.17) is 5.11 Å². The SMILES string of the molecule is Cc1nn(-c2ccccc2)cc1C(=O)NCCC(=O)Nc1ccc([C@H]2CC[C@H](CC(=O)O)CC2)cc1. The zero-order chi connectivity index (χ0) is 25.5. The van der Waals surface area contributed by atoms with Crippen molar-refractivity contribution in [3.63, 3.8) is 0 Å². The molecule has 1 saturated carbocycles. The molecule has 0 bridgehead atoms. The third kappa shape index (κ3) is 6.59. The van der Waals surface area contributed by atoms with E-state index in [9.17, 15) is 14.4 Å². The Morgan fingerprint density at radius 1 is 1.00 bits per heavy atom. The molecule has 0 unspecified atom stereocenters. The van der Waals surface area contributed by atoms with Gasteiger partial charge in [-0.1, -0.05) is 30.3 Å². The van der Waals surface area contributed by atoms with Crippen molar-refractivity contribution < 1.29 is 19.5 Å². The molecule has 1 aliphatic rings. The monoisotopic (exact) mass is 488 g/mol. The normalized spacial score (nSPS) is 17.4. The molecule has 3 aromatic rings. The van der Waals surface area contributed by atoms with Crippen molar-refractivity contribution >= 4 is 23.5 Å². The van der Waals surface area contributed by atoms with Crippen LogP contribution in [0.5, 0.6) is 0 Å². The molecule has 8 nitrogen and oxygen atoms in total. The van der Waals surface area contributed by atoms with E-state index < -0.39 is 5.97 Å². The number of nitrogens with zero attached hydrogens (tertiary/aromatic N) is 2. The number of carbonyl (C=O) groups is 3. The van der Waals surface area contributed by atoms with Gasteiger partial charge in [0.1, 0.15) is 0 Å². The van der Waals surface area contributed by atoms with Crippen molar-refractivity contribution in [2.24, 2.45) is 5.92 Å². The van der Waals surface area contributed by atoms with Crippen molar-refractivity contribution in [3.05, 3.63) is 77.6 Å². The number of carboxylic acid groups (broad SMARTS) is 1. The second kappa shape index (κ2) is 11.7. The van der Waals surface area contributed by atoms with Gasteiger partial charge in [0.15, 0.2) is 0 Å². The average molecular weight is 489 g/mol. The lowest BCUT2D eigenvalue weighted by atomic mass is 9.77. The lowest BCUT2D eigenvalue weighted by molar-refractivity contribution is -0.138. The van der Waals surface area contributed by atoms with Crippen LogP contribution in [-0.4, -0.2) is 39.2 Å². The Hall–Kier alpha value is -3.94. The van der Waals surface area contributed by atoms with Crippen LogP contribution in [0.15, 0.2) is 60.8 Å². The molecule has 2 aromatic carbocycles. The van der Waals surface area contributed by atoms with Crippen LogP contribution in [0.4, 0.5) is 5.69 Å². The smallest absolute Gasteiger partial charge is 0.303 e. The van der Waals surface area contributed by atoms with Crippen molar-refractivity contribution in [1.82, 2.24) is 15.1 Å². The number of hydrogen-bond donors (Lipinski definition) is 3. The largest absolute Gasteiger partial charge is 0.481 e. The molecule has 0 aliphatic heterocycles. The molecule has 36 heavy (non-hydrogen) atoms. The van der Waals surface area contributed by atoms with Crippen LogP contribution in [0.1, 0.15) is 66.1 Å². The quantitative estimate of drug-likeness (QED) is 0.404. The predicted molar refractivity (Wildman–Crippen MR) is 137 cm³/mol. The lowest BCUT2D eigenvalue weighted by Gasteiger charge is -2.28. The van der Waals surface area contributed by atoms with Crippen molar-refractivity contribution in [2.75, 3.05) is 11.9 Å². The van der Waals surface area contributed by atoms with Gasteiger partial charge < -0.3 is 15.7 Å². The predicted octanol–water partition coefficient (Wildman–Crippen LogP) is 4.69. The summed E-state index contributed by atoms with van der Waals surface area (Å²) in [5.41, 5.74) is 3.91. The number of rotatable bonds is 9. The molecule has 1 aliphatic carbocycles. The number of nitrogens with one attached hydrogen (secondary N) is 2. The highest BCUT2D eigenvalue weighted by Gasteiger charge is 2.24. The number of aromatic nitrogens is 2. The van der Waals surface area contributed by atoms with Crippen LogP contribution in [0.3, 0.4) is 0 Å². The molecule has 0 atom stereocenters. The first kappa shape index (κ1) is 25.2. The molecular weight excluding hydrogens is 456 g/mol. The van der Waals surface area contributed by atoms with Crippen LogP contribution in [0.25, 0.3) is 5.69 Å². The maximum atomic E-state index is 12.6. The van der Waals surface area contributed by atoms with Gasteiger partial charge in [-0.3, -0.25) is 14.4 Å². The van der Waals surface area contributed by atoms with E-state index in [1.807, 2.05) is 54.6 Å². The standard InChI is InChI=1S/C28H32N4O4/c1-19-25(18-32(31-19)24-5-3-2-4-6-24)28(36)29-16-15-26(33)30-23-13-11-22(12-14-23)21-9-7-20(8-10-21)17-27(34)35/h2-6,11-14,18,20-21H,7-10,15-17H2,1H3,(H,29,36)(H,30,33)(H,34,35)/t20-,21-. The van der Waals surface area contributed by atoms with Crippen LogP contribution in [0.2, 0.25) is 0 Å². The number of aliphatic carboxylic acids is 1. The molecule has 188 valence electrons. The number of carboxylic acids is 1. The summed E-state index contributed by atoms with van der Waals surface area (Å²) in [5, 5.41) is 19.1. The average Bonchev–Trinajstić information content (AvgIpc) is 3.27. The zero-order valence-corrected chi connectivity index (χ0v) is 20.4. The fraction of sp³-hybridized carbons (Fsp3) is 0.357. The Kier molecular flexibility index (Phi) is 8.15. The van der Waals surface area contributed by atoms with Crippen LogP contribution in [0, 0.1) is 12.8 Å². The summed E-state index contributed by atoms with van der Waals surface area (Å²) in [6, 6.07) is 17.4. The maximum Gasteiger partial charge on any atom is 0.303 e. The van der Waals surface area contributed by atoms with Gasteiger partial charge in [-0.15, -0.1) is 0 Å². The fourth-order valence-corrected chi connectivity index (χ4v) is 4.79. The van der Waals surface area contributed by atoms with Crippen molar-refractivity contribution in [1.29, 1.82) is 0 Å². The molecule has 0 saturated heterocycles. The number of carbonyl (C=O) groups excluding carboxylic acids is 2. The highest BCUT2D eigenvalue weighted by Crippen LogP contribution is 2.37. The van der Waals surface area contributed by atoms with E-state index in [0.29, 0.717) is 17.2 Å². The molecule has 4 rings (SSSR count). The van der Waals surface area contributed by atoms with E-state index in [1.54, 1.807) is 17.8 Å². The van der Waals surface area contributed by atoms with E-state index in [-0.39, 0.29) is 37.1 Å². The summed E-state index contributed by atoms with van der Waals surface area (Å²) in [4.78, 5) is 35.9. The number of para-hydroxylation sites is 1. The van der Waals surface area contributed by atoms with Gasteiger partial charge >= 0.3 is 5.97 Å². The second-order valence-corrected chi connectivity index (χ2v) is 9.40. The number of aryl methyl sites for hydroxylation is 1. The maximum absolute atomic E-state index is 12.6. The number of amides is 2. The molecule has 3 N–H and O–H groups in total. The number of benzene rings is 2. The Morgan fingerprint density at radius 2 is 1.69 bits per heavy atom. The van der Waals surface area contributed by atoms with Gasteiger partial charge in [0, 0.05) is 31.3 Å². The van der Waals surface area contributed by atoms with Gasteiger partial charge in [0.2, 0.25) is 5.91 Å². The molecule has 1 aromatic heterocycles. The van der Waals surface area contributed by atoms with E-state index in [1.165, 1.54) is 5.56 Å². The first-order valence-electron chi connectivity index (χ1n) is 12.4. The lowest BCUT2D eigenvalue weighted by Crippen LogP contribution is -2.27. The molecule has 1 heterocycles. The summed E-state index contributed by atoms with van der Waals surface area (Å²) in [7, 11) is 0. The van der Waals surface area contributed by atoms with E-state index >= 15 is 0 Å². The van der Waals surface area contributed by atoms with Gasteiger partial charge in [-0.2, -0.15) is 5.10 Å². The third-order valence-electron chi connectivity index (χ3n) is 6.78. The summed E-state index contributed by atoms with van der Waals surface area (Å²) in [6.45, 7) is 2.00. The molecule has 0 spiro atoms. The number of anilines is 1. The Morgan fingerprint density at radius 3 is 2.36 bits per heavy atom. The summed E-state index contributed by atoms with van der Waals surface area (Å²) >= 11 is 0. The van der Waals surface area contributed by atoms with E-state index in [0.717, 1.165) is 37.1 Å². The Balaban J connectivity index is 1.21. The van der Waals surface area contributed by atoms with Crippen LogP contribution >= 0.6 is 0 Å². The van der Waals surface area contributed by atoms with E-state index in [2.05, 4.69) is 15.7 Å². The van der Waals surface area contributed by atoms with Crippen molar-refractivity contribution in [2.45, 2.75) is 51.4 Å². The first-order valence-corrected chi connectivity index (χ1v) is 12.4. The minimum Gasteiger partial charge on any atom is -0.481 e. The molecule has 1 fully saturated rings. The Bertz CT molecular complexity index is 1200. The van der Waals surface area contributed by atoms with Crippen molar-refractivity contribution in [3.8, 4) is 5.69 Å². The van der Waals surface area contributed by atoms with Crippen LogP contribution < -0.4 is 10.6 Å². The topological polar surface area (TPSA) is 113 Å². The molecule has 8 heteroatoms. The summed E-state index contributed by atoms with van der Waals surface area (Å²) in [6.07, 6.45) is 5.98. The minimum atomic E-state index is -0.715. The molecular formula is C28H32N4O4. The second-order valence-electron chi connectivity index (χ2n) is 9.40. The third-order valence-corrected chi connectivity index (χ3v) is 6.78. The van der Waals surface area contributed by atoms with Gasteiger partial charge in [0.05, 0.1) is 16.9 Å². The highest BCUT2D eigenvalue weighted by atomic mass is 16.4. The van der Waals surface area contributed by atoms with Gasteiger partial charge in [-0.05, 0) is 74.3 Å². The molecule has 0 radical (unpaired) electrons. The first-order chi connectivity index (χ1) is 17.4. The summed E-state index contributed by atoms with van der Waals surface area (Å²) < 4.78 is 1.67.